The summed E-state index contributed by atoms with van der Waals surface area (Å²) in [4.78, 5) is 24.9. The van der Waals surface area contributed by atoms with E-state index in [0.717, 1.165) is 64.5 Å². The van der Waals surface area contributed by atoms with Gasteiger partial charge in [0.15, 0.2) is 0 Å². The molecule has 38 heavy (non-hydrogen) atoms. The van der Waals surface area contributed by atoms with Gasteiger partial charge in [0.25, 0.3) is 0 Å². The molecule has 200 valence electrons. The number of carbonyl (C=O) groups is 2. The number of benzene rings is 2. The van der Waals surface area contributed by atoms with Crippen molar-refractivity contribution in [3.8, 4) is 0 Å². The topological polar surface area (TPSA) is 68.1 Å². The van der Waals surface area contributed by atoms with Crippen LogP contribution in [0.4, 0.5) is 0 Å². The second-order valence-corrected chi connectivity index (χ2v) is 10.6. The highest BCUT2D eigenvalue weighted by molar-refractivity contribution is 5.85. The van der Waals surface area contributed by atoms with Crippen LogP contribution in [0.2, 0.25) is 0 Å². The Kier molecular flexibility index (Phi) is 8.79. The summed E-state index contributed by atoms with van der Waals surface area (Å²) in [6.45, 7) is 3.22. The number of para-hydroxylation sites is 2. The maximum Gasteiger partial charge on any atom is 0.220 e. The number of rotatable bonds is 0. The van der Waals surface area contributed by atoms with Crippen LogP contribution in [0.15, 0.2) is 60.9 Å². The number of fused-ring (bicyclic) bond motifs is 10. The molecule has 3 heterocycles. The van der Waals surface area contributed by atoms with Crippen molar-refractivity contribution < 1.29 is 9.59 Å². The number of aryl methyl sites for hydroxylation is 2. The van der Waals surface area contributed by atoms with Gasteiger partial charge in [-0.05, 0) is 61.8 Å². The number of nitrogens with one attached hydrogen (secondary N) is 2. The van der Waals surface area contributed by atoms with Crippen molar-refractivity contribution in [3.05, 3.63) is 72.1 Å². The Labute approximate surface area is 225 Å². The first-order valence-corrected chi connectivity index (χ1v) is 14.4. The van der Waals surface area contributed by atoms with Gasteiger partial charge in [-0.15, -0.1) is 0 Å². The van der Waals surface area contributed by atoms with Crippen molar-refractivity contribution >= 4 is 33.6 Å². The van der Waals surface area contributed by atoms with E-state index in [2.05, 4.69) is 80.7 Å². The number of carbonyl (C=O) groups excluding carboxylic acids is 2. The van der Waals surface area contributed by atoms with Gasteiger partial charge in [0, 0.05) is 73.2 Å². The molecular weight excluding hydrogens is 472 g/mol. The zero-order valence-corrected chi connectivity index (χ0v) is 22.4. The van der Waals surface area contributed by atoms with Gasteiger partial charge >= 0.3 is 0 Å². The quantitative estimate of drug-likeness (QED) is 0.315. The van der Waals surface area contributed by atoms with E-state index in [1.165, 1.54) is 32.9 Å². The molecule has 1 aliphatic rings. The molecular formula is C32H40N4O2. The highest BCUT2D eigenvalue weighted by atomic mass is 16.2. The van der Waals surface area contributed by atoms with Gasteiger partial charge in [0.1, 0.15) is 0 Å². The molecule has 0 radical (unpaired) electrons. The third-order valence-corrected chi connectivity index (χ3v) is 7.78. The van der Waals surface area contributed by atoms with Crippen LogP contribution in [0.5, 0.6) is 0 Å². The molecule has 4 bridgehead atoms. The first-order valence-electron chi connectivity index (χ1n) is 14.4. The second-order valence-electron chi connectivity index (χ2n) is 10.6. The zero-order valence-electron chi connectivity index (χ0n) is 22.4. The predicted molar refractivity (Wildman–Crippen MR) is 154 cm³/mol. The Balaban J connectivity index is 1.24. The molecule has 0 spiro atoms. The molecule has 2 aromatic heterocycles. The van der Waals surface area contributed by atoms with Gasteiger partial charge < -0.3 is 19.8 Å². The molecule has 4 aromatic rings. The van der Waals surface area contributed by atoms with Gasteiger partial charge in [-0.2, -0.15) is 0 Å². The van der Waals surface area contributed by atoms with Crippen molar-refractivity contribution in [1.29, 1.82) is 0 Å². The molecule has 5 rings (SSSR count). The fraction of sp³-hybridized carbons (Fsp3) is 0.438. The van der Waals surface area contributed by atoms with E-state index >= 15 is 0 Å². The summed E-state index contributed by atoms with van der Waals surface area (Å²) in [5.41, 5.74) is 5.07. The fourth-order valence-electron chi connectivity index (χ4n) is 5.75. The van der Waals surface area contributed by atoms with Crippen LogP contribution in [0.25, 0.3) is 21.8 Å². The summed E-state index contributed by atoms with van der Waals surface area (Å²) in [5.74, 6) is 0.304. The minimum atomic E-state index is 0.152. The highest BCUT2D eigenvalue weighted by Gasteiger charge is 2.11. The fourth-order valence-corrected chi connectivity index (χ4v) is 5.75. The molecule has 1 aliphatic heterocycles. The number of amides is 2. The Morgan fingerprint density at radius 2 is 0.974 bits per heavy atom. The summed E-state index contributed by atoms with van der Waals surface area (Å²) < 4.78 is 4.67. The van der Waals surface area contributed by atoms with E-state index in [-0.39, 0.29) is 11.8 Å². The number of nitrogens with zero attached hydrogens (tertiary/aromatic N) is 2. The van der Waals surface area contributed by atoms with Gasteiger partial charge in [0.05, 0.1) is 0 Å². The van der Waals surface area contributed by atoms with Gasteiger partial charge in [-0.25, -0.2) is 0 Å². The Hall–Kier alpha value is -3.54. The van der Waals surface area contributed by atoms with Crippen molar-refractivity contribution in [2.75, 3.05) is 13.1 Å². The van der Waals surface area contributed by atoms with Crippen LogP contribution in [0.3, 0.4) is 0 Å². The minimum Gasteiger partial charge on any atom is -0.356 e. The predicted octanol–water partition coefficient (Wildman–Crippen LogP) is 5.75. The van der Waals surface area contributed by atoms with Crippen LogP contribution >= 0.6 is 0 Å². The van der Waals surface area contributed by atoms with E-state index in [1.54, 1.807) is 0 Å². The van der Waals surface area contributed by atoms with E-state index in [4.69, 9.17) is 0 Å². The van der Waals surface area contributed by atoms with Crippen LogP contribution in [0.1, 0.15) is 62.5 Å². The summed E-state index contributed by atoms with van der Waals surface area (Å²) in [7, 11) is 0. The molecule has 0 aliphatic carbocycles. The standard InChI is InChI=1S/C32H40N4O2/c37-31-15-3-1-9-21-35-23-25(27-11-5-7-13-29(27)35)18-20-34-32(38)16-4-2-10-22-36-24-26(17-19-33-31)28-12-6-8-14-30(28)36/h5-8,11-14,23-24H,1-4,9-10,15-22H2,(H,33,37)(H,34,38). The van der Waals surface area contributed by atoms with Gasteiger partial charge in [0.2, 0.25) is 11.8 Å². The molecule has 2 N–H and O–H groups in total. The molecule has 0 saturated heterocycles. The van der Waals surface area contributed by atoms with Crippen LogP contribution in [0, 0.1) is 0 Å². The van der Waals surface area contributed by atoms with Crippen LogP contribution in [-0.2, 0) is 35.5 Å². The lowest BCUT2D eigenvalue weighted by Crippen LogP contribution is -2.25. The van der Waals surface area contributed by atoms with Gasteiger partial charge in [-0.3, -0.25) is 9.59 Å². The molecule has 0 atom stereocenters. The SMILES string of the molecule is O=C1CCCCCn2cc(c3ccccc32)CCNC(=O)CCCCCn2cc(c3ccccc32)CCN1. The van der Waals surface area contributed by atoms with Gasteiger partial charge in [-0.1, -0.05) is 49.2 Å². The third kappa shape index (κ3) is 6.47. The van der Waals surface area contributed by atoms with Crippen LogP contribution in [-0.4, -0.2) is 34.0 Å². The average Bonchev–Trinajstić information content (AvgIpc) is 3.46. The normalized spacial score (nSPS) is 17.6. The smallest absolute Gasteiger partial charge is 0.220 e. The summed E-state index contributed by atoms with van der Waals surface area (Å²) in [6, 6.07) is 17.0. The van der Waals surface area contributed by atoms with Crippen LogP contribution < -0.4 is 10.6 Å². The number of aromatic nitrogens is 2. The minimum absolute atomic E-state index is 0.152. The largest absolute Gasteiger partial charge is 0.356 e. The molecule has 2 aromatic carbocycles. The molecule has 2 amide bonds. The molecule has 6 heteroatoms. The van der Waals surface area contributed by atoms with E-state index in [0.29, 0.717) is 25.9 Å². The highest BCUT2D eigenvalue weighted by Crippen LogP contribution is 2.24. The number of hydrogen-bond acceptors (Lipinski definition) is 2. The van der Waals surface area contributed by atoms with Crippen molar-refractivity contribution in [2.45, 2.75) is 77.3 Å². The molecule has 0 unspecified atom stereocenters. The maximum absolute atomic E-state index is 12.5. The first kappa shape index (κ1) is 26.1. The van der Waals surface area contributed by atoms with E-state index < -0.39 is 0 Å². The lowest BCUT2D eigenvalue weighted by molar-refractivity contribution is -0.122. The zero-order chi connectivity index (χ0) is 26.2. The molecule has 0 saturated carbocycles. The summed E-state index contributed by atoms with van der Waals surface area (Å²) in [5, 5.41) is 8.81. The monoisotopic (exact) mass is 512 g/mol. The molecule has 6 nitrogen and oxygen atoms in total. The molecule has 0 fully saturated rings. The average molecular weight is 513 g/mol. The van der Waals surface area contributed by atoms with Crippen molar-refractivity contribution in [2.24, 2.45) is 0 Å². The lowest BCUT2D eigenvalue weighted by atomic mass is 10.1. The summed E-state index contributed by atoms with van der Waals surface area (Å²) >= 11 is 0. The van der Waals surface area contributed by atoms with E-state index in [9.17, 15) is 9.59 Å². The maximum atomic E-state index is 12.5. The Morgan fingerprint density at radius 1 is 0.526 bits per heavy atom. The third-order valence-electron chi connectivity index (χ3n) is 7.78. The Morgan fingerprint density at radius 3 is 1.45 bits per heavy atom. The first-order chi connectivity index (χ1) is 18.7. The summed E-state index contributed by atoms with van der Waals surface area (Å²) in [6.07, 6.45) is 13.3. The van der Waals surface area contributed by atoms with Crippen molar-refractivity contribution in [1.82, 2.24) is 19.8 Å². The van der Waals surface area contributed by atoms with E-state index in [1.807, 2.05) is 0 Å². The van der Waals surface area contributed by atoms with Crippen molar-refractivity contribution in [3.63, 3.8) is 0 Å². The second kappa shape index (κ2) is 12.8. The number of hydrogen-bond donors (Lipinski definition) is 2. The Bertz CT molecular complexity index is 1280. The lowest BCUT2D eigenvalue weighted by Gasteiger charge is -2.07.